The van der Waals surface area contributed by atoms with E-state index in [9.17, 15) is 14.6 Å². The number of phenolic OH excluding ortho intramolecular Hbond substituents is 2. The second-order valence-electron chi connectivity index (χ2n) is 3.51. The predicted octanol–water partition coefficient (Wildman–Crippen LogP) is 2.78. The molecule has 0 atom stereocenters. The molecule has 0 saturated carbocycles. The van der Waals surface area contributed by atoms with Crippen molar-refractivity contribution in [2.45, 2.75) is 0 Å². The average molecular weight is 229 g/mol. The molecule has 17 heavy (non-hydrogen) atoms. The number of phenols is 2. The minimum absolute atomic E-state index is 0.0875. The van der Waals surface area contributed by atoms with Crippen LogP contribution in [0.1, 0.15) is 5.56 Å². The van der Waals surface area contributed by atoms with Crippen LogP contribution in [0.4, 0.5) is 4.39 Å². The Bertz CT molecular complexity index is 617. The third kappa shape index (κ3) is 2.04. The van der Waals surface area contributed by atoms with E-state index in [1.165, 1.54) is 24.3 Å². The van der Waals surface area contributed by atoms with E-state index >= 15 is 0 Å². The van der Waals surface area contributed by atoms with E-state index in [-0.39, 0.29) is 22.6 Å². The van der Waals surface area contributed by atoms with Gasteiger partial charge in [-0.3, -0.25) is 0 Å². The number of halogens is 1. The van der Waals surface area contributed by atoms with Crippen molar-refractivity contribution in [1.29, 1.82) is 5.26 Å². The van der Waals surface area contributed by atoms with E-state index in [0.29, 0.717) is 5.56 Å². The smallest absolute Gasteiger partial charge is 0.133 e. The first kappa shape index (κ1) is 11.0. The topological polar surface area (TPSA) is 64.2 Å². The van der Waals surface area contributed by atoms with Crippen LogP contribution in [0.5, 0.6) is 11.5 Å². The van der Waals surface area contributed by atoms with Gasteiger partial charge in [-0.1, -0.05) is 6.07 Å². The number of rotatable bonds is 1. The van der Waals surface area contributed by atoms with Crippen LogP contribution >= 0.6 is 0 Å². The molecule has 2 aromatic carbocycles. The molecule has 0 aliphatic rings. The highest BCUT2D eigenvalue weighted by atomic mass is 19.1. The van der Waals surface area contributed by atoms with Crippen molar-refractivity contribution < 1.29 is 14.6 Å². The van der Waals surface area contributed by atoms with Crippen LogP contribution in [-0.2, 0) is 0 Å². The van der Waals surface area contributed by atoms with Gasteiger partial charge in [0, 0.05) is 5.56 Å². The molecule has 0 spiro atoms. The van der Waals surface area contributed by atoms with Crippen molar-refractivity contribution in [2.75, 3.05) is 0 Å². The van der Waals surface area contributed by atoms with Crippen LogP contribution in [-0.4, -0.2) is 10.2 Å². The lowest BCUT2D eigenvalue weighted by Gasteiger charge is -2.06. The largest absolute Gasteiger partial charge is 0.507 e. The lowest BCUT2D eigenvalue weighted by Crippen LogP contribution is -1.83. The molecular weight excluding hydrogens is 221 g/mol. The van der Waals surface area contributed by atoms with E-state index in [0.717, 1.165) is 12.1 Å². The van der Waals surface area contributed by atoms with Crippen molar-refractivity contribution in [1.82, 2.24) is 0 Å². The maximum atomic E-state index is 13.1. The lowest BCUT2D eigenvalue weighted by atomic mass is 10.0. The van der Waals surface area contributed by atoms with Crippen LogP contribution in [0.25, 0.3) is 11.1 Å². The van der Waals surface area contributed by atoms with Crippen LogP contribution in [0.3, 0.4) is 0 Å². The van der Waals surface area contributed by atoms with E-state index in [1.54, 1.807) is 0 Å². The molecule has 0 aliphatic heterocycles. The predicted molar refractivity (Wildman–Crippen MR) is 59.9 cm³/mol. The maximum Gasteiger partial charge on any atom is 0.133 e. The van der Waals surface area contributed by atoms with E-state index in [4.69, 9.17) is 5.26 Å². The summed E-state index contributed by atoms with van der Waals surface area (Å²) in [6.07, 6.45) is 0. The Labute approximate surface area is 97.0 Å². The first-order valence-electron chi connectivity index (χ1n) is 4.84. The average Bonchev–Trinajstić information content (AvgIpc) is 2.32. The first-order chi connectivity index (χ1) is 8.11. The molecule has 0 heterocycles. The number of aromatic hydroxyl groups is 2. The summed E-state index contributed by atoms with van der Waals surface area (Å²) in [6, 6.07) is 9.61. The summed E-state index contributed by atoms with van der Waals surface area (Å²) in [4.78, 5) is 0. The maximum absolute atomic E-state index is 13.1. The molecular formula is C13H8FNO2. The van der Waals surface area contributed by atoms with Crippen LogP contribution in [0, 0.1) is 17.1 Å². The van der Waals surface area contributed by atoms with Gasteiger partial charge < -0.3 is 10.2 Å². The van der Waals surface area contributed by atoms with Gasteiger partial charge in [0.2, 0.25) is 0 Å². The molecule has 0 amide bonds. The minimum Gasteiger partial charge on any atom is -0.507 e. The normalized spacial score (nSPS) is 9.88. The van der Waals surface area contributed by atoms with Crippen molar-refractivity contribution in [2.24, 2.45) is 0 Å². The summed E-state index contributed by atoms with van der Waals surface area (Å²) in [5, 5.41) is 27.8. The number of nitriles is 1. The zero-order valence-corrected chi connectivity index (χ0v) is 8.68. The molecule has 3 nitrogen and oxygen atoms in total. The fraction of sp³-hybridized carbons (Fsp3) is 0. The summed E-state index contributed by atoms with van der Waals surface area (Å²) >= 11 is 0. The molecule has 0 saturated heterocycles. The SMILES string of the molecule is N#Cc1ccc(-c2cc(F)ccc2O)cc1O. The van der Waals surface area contributed by atoms with Crippen LogP contribution < -0.4 is 0 Å². The molecule has 0 unspecified atom stereocenters. The van der Waals surface area contributed by atoms with Gasteiger partial charge in [0.15, 0.2) is 0 Å². The molecule has 4 heteroatoms. The highest BCUT2D eigenvalue weighted by Gasteiger charge is 2.08. The summed E-state index contributed by atoms with van der Waals surface area (Å²) in [6.45, 7) is 0. The van der Waals surface area contributed by atoms with Gasteiger partial charge in [-0.25, -0.2) is 4.39 Å². The molecule has 2 N–H and O–H groups in total. The Kier molecular flexibility index (Phi) is 2.67. The minimum atomic E-state index is -0.485. The van der Waals surface area contributed by atoms with Gasteiger partial charge in [0.1, 0.15) is 23.4 Å². The molecule has 0 aromatic heterocycles. The van der Waals surface area contributed by atoms with Crippen LogP contribution in [0.2, 0.25) is 0 Å². The summed E-state index contributed by atoms with van der Waals surface area (Å²) in [7, 11) is 0. The molecule has 0 bridgehead atoms. The zero-order valence-electron chi connectivity index (χ0n) is 8.68. The molecule has 2 aromatic rings. The Morgan fingerprint density at radius 1 is 1.00 bits per heavy atom. The second kappa shape index (κ2) is 4.14. The summed E-state index contributed by atoms with van der Waals surface area (Å²) in [5.41, 5.74) is 0.841. The quantitative estimate of drug-likeness (QED) is 0.790. The second-order valence-corrected chi connectivity index (χ2v) is 3.51. The number of hydrogen-bond acceptors (Lipinski definition) is 3. The molecule has 0 fully saturated rings. The van der Waals surface area contributed by atoms with Crippen molar-refractivity contribution >= 4 is 0 Å². The van der Waals surface area contributed by atoms with Gasteiger partial charge in [0.05, 0.1) is 5.56 Å². The molecule has 0 aliphatic carbocycles. The van der Waals surface area contributed by atoms with Gasteiger partial charge in [-0.2, -0.15) is 5.26 Å². The van der Waals surface area contributed by atoms with Gasteiger partial charge in [-0.05, 0) is 35.9 Å². The molecule has 0 radical (unpaired) electrons. The number of benzene rings is 2. The Morgan fingerprint density at radius 3 is 2.41 bits per heavy atom. The van der Waals surface area contributed by atoms with Crippen molar-refractivity contribution in [3.63, 3.8) is 0 Å². The lowest BCUT2D eigenvalue weighted by molar-refractivity contribution is 0.472. The molecule has 84 valence electrons. The standard InChI is InChI=1S/C13H8FNO2/c14-10-3-4-12(16)11(6-10)8-1-2-9(7-15)13(17)5-8/h1-6,16-17H. The van der Waals surface area contributed by atoms with E-state index in [1.807, 2.05) is 6.07 Å². The zero-order chi connectivity index (χ0) is 12.4. The monoisotopic (exact) mass is 229 g/mol. The fourth-order valence-electron chi connectivity index (χ4n) is 1.53. The van der Waals surface area contributed by atoms with Crippen LogP contribution in [0.15, 0.2) is 36.4 Å². The Morgan fingerprint density at radius 2 is 1.76 bits per heavy atom. The van der Waals surface area contributed by atoms with Gasteiger partial charge in [-0.15, -0.1) is 0 Å². The highest BCUT2D eigenvalue weighted by Crippen LogP contribution is 2.32. The number of nitrogens with zero attached hydrogens (tertiary/aromatic N) is 1. The van der Waals surface area contributed by atoms with E-state index in [2.05, 4.69) is 0 Å². The third-order valence-corrected chi connectivity index (χ3v) is 2.39. The van der Waals surface area contributed by atoms with Gasteiger partial charge in [0.25, 0.3) is 0 Å². The van der Waals surface area contributed by atoms with Crippen molar-refractivity contribution in [3.05, 3.63) is 47.8 Å². The molecule has 2 rings (SSSR count). The summed E-state index contributed by atoms with van der Waals surface area (Å²) < 4.78 is 13.1. The first-order valence-corrected chi connectivity index (χ1v) is 4.84. The number of hydrogen-bond donors (Lipinski definition) is 2. The fourth-order valence-corrected chi connectivity index (χ4v) is 1.53. The Balaban J connectivity index is 2.58. The third-order valence-electron chi connectivity index (χ3n) is 2.39. The highest BCUT2D eigenvalue weighted by molar-refractivity contribution is 5.72. The Hall–Kier alpha value is -2.54. The van der Waals surface area contributed by atoms with Crippen molar-refractivity contribution in [3.8, 4) is 28.7 Å². The summed E-state index contributed by atoms with van der Waals surface area (Å²) in [5.74, 6) is -0.772. The van der Waals surface area contributed by atoms with Gasteiger partial charge >= 0.3 is 0 Å². The van der Waals surface area contributed by atoms with E-state index < -0.39 is 5.82 Å².